The number of nitrogens with zero attached hydrogens (tertiary/aromatic N) is 8. The SMILES string of the molecule is O=C(CN1CCN(CC2CCN(C(=O)c3c(F)cc(-c4cncnc4)cc3F)CC2)CC1)N1CCN(C(=O)c2cc(Cc3n[nH]c(=O)c4ccccc34)ccc2F)CC1. The number of benzene rings is 3. The number of likely N-dealkylation sites (tertiary alicyclic amines) is 1. The fourth-order valence-corrected chi connectivity index (χ4v) is 8.33. The predicted molar refractivity (Wildman–Crippen MR) is 213 cm³/mol. The van der Waals surface area contributed by atoms with Crippen LogP contribution in [0.3, 0.4) is 0 Å². The van der Waals surface area contributed by atoms with E-state index in [9.17, 15) is 19.2 Å². The first kappa shape index (κ1) is 39.8. The van der Waals surface area contributed by atoms with Gasteiger partial charge in [-0.15, -0.1) is 0 Å². The van der Waals surface area contributed by atoms with E-state index in [-0.39, 0.29) is 29.1 Å². The number of H-pyrrole nitrogens is 1. The second-order valence-electron chi connectivity index (χ2n) is 15.5. The monoisotopic (exact) mass is 807 g/mol. The number of aromatic amines is 1. The van der Waals surface area contributed by atoms with Gasteiger partial charge in [-0.1, -0.05) is 24.3 Å². The van der Waals surface area contributed by atoms with Crippen LogP contribution in [0.5, 0.6) is 0 Å². The van der Waals surface area contributed by atoms with Gasteiger partial charge in [0.05, 0.1) is 23.2 Å². The number of halogens is 3. The van der Waals surface area contributed by atoms with Crippen molar-refractivity contribution in [2.24, 2.45) is 5.92 Å². The Morgan fingerprint density at radius 2 is 1.31 bits per heavy atom. The lowest BCUT2D eigenvalue weighted by atomic mass is 9.95. The maximum absolute atomic E-state index is 15.0. The Kier molecular flexibility index (Phi) is 11.8. The van der Waals surface area contributed by atoms with Gasteiger partial charge >= 0.3 is 0 Å². The van der Waals surface area contributed by atoms with E-state index in [0.717, 1.165) is 57.7 Å². The predicted octanol–water partition coefficient (Wildman–Crippen LogP) is 3.84. The lowest BCUT2D eigenvalue weighted by Gasteiger charge is -2.40. The summed E-state index contributed by atoms with van der Waals surface area (Å²) in [6.07, 6.45) is 5.99. The molecule has 5 aromatic rings. The third-order valence-corrected chi connectivity index (χ3v) is 11.7. The molecule has 0 saturated carbocycles. The highest BCUT2D eigenvalue weighted by Crippen LogP contribution is 2.27. The summed E-state index contributed by atoms with van der Waals surface area (Å²) in [5, 5.41) is 7.92. The molecular weight excluding hydrogens is 764 g/mol. The normalized spacial score (nSPS) is 17.1. The summed E-state index contributed by atoms with van der Waals surface area (Å²) >= 11 is 0. The molecule has 0 spiro atoms. The number of rotatable bonds is 9. The molecular formula is C43H44F3N9O4. The Hall–Kier alpha value is -6.00. The summed E-state index contributed by atoms with van der Waals surface area (Å²) in [5.41, 5.74) is 1.13. The van der Waals surface area contributed by atoms with Crippen LogP contribution in [-0.2, 0) is 11.2 Å². The van der Waals surface area contributed by atoms with Crippen molar-refractivity contribution >= 4 is 28.5 Å². The lowest BCUT2D eigenvalue weighted by Crippen LogP contribution is -2.55. The van der Waals surface area contributed by atoms with E-state index in [4.69, 9.17) is 0 Å². The standard InChI is InChI=1S/C43H44F3N9O4/c44-35-6-5-29(20-38-32-3-1-2-4-33(32)41(57)50-49-38)19-34(35)42(58)55-17-15-53(16-18-55)39(56)26-52-13-11-51(12-14-52)25-28-7-9-54(10-8-28)43(59)40-36(45)21-30(22-37(40)46)31-23-47-27-48-24-31/h1-6,19,21-24,27-28H,7-18,20,25-26H2,(H,50,57). The van der Waals surface area contributed by atoms with Gasteiger partial charge in [-0.25, -0.2) is 28.2 Å². The van der Waals surface area contributed by atoms with E-state index >= 15 is 13.2 Å². The molecule has 306 valence electrons. The molecule has 3 amide bonds. The van der Waals surface area contributed by atoms with Crippen molar-refractivity contribution < 1.29 is 27.6 Å². The van der Waals surface area contributed by atoms with Crippen molar-refractivity contribution in [3.8, 4) is 11.1 Å². The van der Waals surface area contributed by atoms with Gasteiger partial charge in [-0.05, 0) is 60.2 Å². The van der Waals surface area contributed by atoms with Gasteiger partial charge in [0.1, 0.15) is 29.3 Å². The Morgan fingerprint density at radius 1 is 0.678 bits per heavy atom. The summed E-state index contributed by atoms with van der Waals surface area (Å²) in [6, 6.07) is 13.8. The maximum atomic E-state index is 15.0. The average Bonchev–Trinajstić information content (AvgIpc) is 3.26. The minimum absolute atomic E-state index is 0.00649. The number of fused-ring (bicyclic) bond motifs is 1. The maximum Gasteiger partial charge on any atom is 0.272 e. The van der Waals surface area contributed by atoms with Crippen molar-refractivity contribution in [2.45, 2.75) is 19.3 Å². The molecule has 0 radical (unpaired) electrons. The Labute approximate surface area is 338 Å². The molecule has 8 rings (SSSR count). The molecule has 3 aliphatic heterocycles. The molecule has 3 aliphatic rings. The Morgan fingerprint density at radius 3 is 2.00 bits per heavy atom. The number of carbonyl (C=O) groups excluding carboxylic acids is 3. The van der Waals surface area contributed by atoms with Gasteiger partial charge in [0.25, 0.3) is 17.4 Å². The third-order valence-electron chi connectivity index (χ3n) is 11.7. The third kappa shape index (κ3) is 8.88. The van der Waals surface area contributed by atoms with Crippen molar-refractivity contribution in [1.82, 2.24) is 44.7 Å². The first-order chi connectivity index (χ1) is 28.6. The van der Waals surface area contributed by atoms with Gasteiger partial charge in [0.2, 0.25) is 5.91 Å². The number of hydrogen-bond donors (Lipinski definition) is 1. The van der Waals surface area contributed by atoms with Crippen LogP contribution >= 0.6 is 0 Å². The molecule has 0 unspecified atom stereocenters. The number of piperazine rings is 2. The molecule has 3 fully saturated rings. The summed E-state index contributed by atoms with van der Waals surface area (Å²) in [6.45, 7) is 6.29. The van der Waals surface area contributed by atoms with Crippen LogP contribution in [0.2, 0.25) is 0 Å². The van der Waals surface area contributed by atoms with Crippen LogP contribution in [0.1, 0.15) is 44.8 Å². The van der Waals surface area contributed by atoms with E-state index in [0.29, 0.717) is 79.2 Å². The lowest BCUT2D eigenvalue weighted by molar-refractivity contribution is -0.134. The molecule has 0 atom stereocenters. The minimum atomic E-state index is -0.910. The fourth-order valence-electron chi connectivity index (χ4n) is 8.33. The summed E-state index contributed by atoms with van der Waals surface area (Å²) < 4.78 is 45.1. The van der Waals surface area contributed by atoms with E-state index in [1.165, 1.54) is 35.8 Å². The van der Waals surface area contributed by atoms with E-state index in [1.807, 2.05) is 12.1 Å². The number of piperidine rings is 1. The number of hydrogen-bond acceptors (Lipinski definition) is 9. The molecule has 13 nitrogen and oxygen atoms in total. The van der Waals surface area contributed by atoms with Gasteiger partial charge in [0.15, 0.2) is 0 Å². The molecule has 59 heavy (non-hydrogen) atoms. The van der Waals surface area contributed by atoms with Crippen molar-refractivity contribution in [3.63, 3.8) is 0 Å². The summed E-state index contributed by atoms with van der Waals surface area (Å²) in [5.74, 6) is -3.19. The zero-order chi connectivity index (χ0) is 41.0. The van der Waals surface area contributed by atoms with Crippen LogP contribution in [0.25, 0.3) is 21.9 Å². The number of amides is 3. The number of nitrogens with one attached hydrogen (secondary N) is 1. The van der Waals surface area contributed by atoms with Gasteiger partial charge < -0.3 is 19.6 Å². The molecule has 3 saturated heterocycles. The van der Waals surface area contributed by atoms with E-state index < -0.39 is 34.8 Å². The molecule has 3 aromatic carbocycles. The molecule has 2 aromatic heterocycles. The van der Waals surface area contributed by atoms with Gasteiger partial charge in [-0.2, -0.15) is 5.10 Å². The molecule has 5 heterocycles. The summed E-state index contributed by atoms with van der Waals surface area (Å²) in [7, 11) is 0. The smallest absolute Gasteiger partial charge is 0.272 e. The highest BCUT2D eigenvalue weighted by atomic mass is 19.1. The van der Waals surface area contributed by atoms with Crippen LogP contribution in [0.15, 0.2) is 78.1 Å². The highest BCUT2D eigenvalue weighted by Gasteiger charge is 2.31. The van der Waals surface area contributed by atoms with Crippen LogP contribution in [0.4, 0.5) is 13.2 Å². The van der Waals surface area contributed by atoms with E-state index in [2.05, 4.69) is 30.0 Å². The first-order valence-corrected chi connectivity index (χ1v) is 19.9. The van der Waals surface area contributed by atoms with Gasteiger partial charge in [0, 0.05) is 102 Å². The molecule has 1 N–H and O–H groups in total. The second kappa shape index (κ2) is 17.5. The van der Waals surface area contributed by atoms with Crippen molar-refractivity contribution in [2.75, 3.05) is 78.5 Å². The van der Waals surface area contributed by atoms with E-state index in [1.54, 1.807) is 28.0 Å². The molecule has 0 bridgehead atoms. The number of aromatic nitrogens is 4. The van der Waals surface area contributed by atoms with Crippen LogP contribution in [-0.4, -0.2) is 141 Å². The summed E-state index contributed by atoms with van der Waals surface area (Å²) in [4.78, 5) is 69.3. The highest BCUT2D eigenvalue weighted by molar-refractivity contribution is 5.96. The quantitative estimate of drug-likeness (QED) is 0.236. The topological polar surface area (TPSA) is 139 Å². The van der Waals surface area contributed by atoms with Crippen molar-refractivity contribution in [3.05, 3.63) is 124 Å². The second-order valence-corrected chi connectivity index (χ2v) is 15.5. The Bertz CT molecular complexity index is 2390. The van der Waals surface area contributed by atoms with Crippen LogP contribution in [0, 0.1) is 23.4 Å². The molecule has 16 heteroatoms. The first-order valence-electron chi connectivity index (χ1n) is 19.9. The average molecular weight is 808 g/mol. The molecule has 0 aliphatic carbocycles. The Balaban J connectivity index is 0.765. The van der Waals surface area contributed by atoms with Crippen molar-refractivity contribution in [1.29, 1.82) is 0 Å². The zero-order valence-corrected chi connectivity index (χ0v) is 32.5. The largest absolute Gasteiger partial charge is 0.338 e. The minimum Gasteiger partial charge on any atom is -0.338 e. The van der Waals surface area contributed by atoms with Crippen LogP contribution < -0.4 is 5.56 Å². The number of carbonyl (C=O) groups is 3. The fraction of sp³-hybridized carbons (Fsp3) is 0.372. The van der Waals surface area contributed by atoms with Gasteiger partial charge in [-0.3, -0.25) is 24.1 Å². The zero-order valence-electron chi connectivity index (χ0n) is 32.5.